The van der Waals surface area contributed by atoms with Crippen molar-refractivity contribution in [2.24, 2.45) is 0 Å². The van der Waals surface area contributed by atoms with E-state index in [4.69, 9.17) is 11.6 Å². The number of amides is 3. The van der Waals surface area contributed by atoms with Gasteiger partial charge in [0.25, 0.3) is 5.91 Å². The first-order chi connectivity index (χ1) is 8.99. The van der Waals surface area contributed by atoms with Crippen LogP contribution in [-0.2, 0) is 14.4 Å². The van der Waals surface area contributed by atoms with Crippen LogP contribution in [0.5, 0.6) is 0 Å². The van der Waals surface area contributed by atoms with E-state index in [9.17, 15) is 14.4 Å². The molecule has 1 atom stereocenters. The molecule has 6 nitrogen and oxygen atoms in total. The number of imide groups is 1. The number of hydrazine groups is 1. The molecule has 1 aliphatic heterocycles. The van der Waals surface area contributed by atoms with Crippen molar-refractivity contribution in [2.45, 2.75) is 19.4 Å². The van der Waals surface area contributed by atoms with Gasteiger partial charge in [0, 0.05) is 11.9 Å². The topological polar surface area (TPSA) is 78.5 Å². The highest BCUT2D eigenvalue weighted by atomic mass is 35.5. The molecule has 0 aliphatic carbocycles. The van der Waals surface area contributed by atoms with Gasteiger partial charge in [-0.15, -0.1) is 0 Å². The maximum Gasteiger partial charge on any atom is 0.253 e. The van der Waals surface area contributed by atoms with E-state index in [1.165, 1.54) is 6.92 Å². The lowest BCUT2D eigenvalue weighted by molar-refractivity contribution is -0.122. The first-order valence-electron chi connectivity index (χ1n) is 5.63. The quantitative estimate of drug-likeness (QED) is 0.629. The number of hydrogen-bond acceptors (Lipinski definition) is 4. The largest absolute Gasteiger partial charge is 0.291 e. The summed E-state index contributed by atoms with van der Waals surface area (Å²) in [6, 6.07) is 5.66. The molecule has 1 unspecified atom stereocenters. The molecule has 1 aliphatic rings. The lowest BCUT2D eigenvalue weighted by Gasteiger charge is -2.15. The smallest absolute Gasteiger partial charge is 0.253 e. The molecule has 7 heteroatoms. The highest BCUT2D eigenvalue weighted by Crippen LogP contribution is 2.24. The Morgan fingerprint density at radius 2 is 1.95 bits per heavy atom. The standard InChI is InChI=1S/C12H12ClN3O3/c1-7(17)14-15-10-6-11(18)16(12(10)19)9-4-2-8(13)3-5-9/h2-5,10,15H,6H2,1H3,(H,14,17). The van der Waals surface area contributed by atoms with Crippen molar-refractivity contribution < 1.29 is 14.4 Å². The average Bonchev–Trinajstić information content (AvgIpc) is 2.63. The van der Waals surface area contributed by atoms with E-state index in [-0.39, 0.29) is 18.2 Å². The van der Waals surface area contributed by atoms with Crippen molar-refractivity contribution in [2.75, 3.05) is 4.90 Å². The third-order valence-corrected chi connectivity index (χ3v) is 2.91. The molecular formula is C12H12ClN3O3. The number of benzene rings is 1. The Balaban J connectivity index is 2.14. The zero-order valence-electron chi connectivity index (χ0n) is 10.1. The van der Waals surface area contributed by atoms with E-state index in [1.807, 2.05) is 0 Å². The van der Waals surface area contributed by atoms with Gasteiger partial charge in [-0.1, -0.05) is 11.6 Å². The molecule has 1 saturated heterocycles. The van der Waals surface area contributed by atoms with Gasteiger partial charge in [-0.05, 0) is 24.3 Å². The number of nitrogens with zero attached hydrogens (tertiary/aromatic N) is 1. The predicted molar refractivity (Wildman–Crippen MR) is 69.3 cm³/mol. The average molecular weight is 282 g/mol. The summed E-state index contributed by atoms with van der Waals surface area (Å²) in [5.74, 6) is -1.05. The van der Waals surface area contributed by atoms with E-state index in [1.54, 1.807) is 24.3 Å². The van der Waals surface area contributed by atoms with Gasteiger partial charge < -0.3 is 0 Å². The molecule has 2 N–H and O–H groups in total. The van der Waals surface area contributed by atoms with Crippen LogP contribution in [0.3, 0.4) is 0 Å². The van der Waals surface area contributed by atoms with Crippen molar-refractivity contribution in [3.05, 3.63) is 29.3 Å². The maximum atomic E-state index is 12.1. The van der Waals surface area contributed by atoms with Crippen molar-refractivity contribution in [1.29, 1.82) is 0 Å². The van der Waals surface area contributed by atoms with Crippen LogP contribution in [0.4, 0.5) is 5.69 Å². The monoisotopic (exact) mass is 281 g/mol. The number of nitrogens with one attached hydrogen (secondary N) is 2. The summed E-state index contributed by atoms with van der Waals surface area (Å²) in [5, 5.41) is 0.524. The van der Waals surface area contributed by atoms with Crippen LogP contribution in [0.2, 0.25) is 5.02 Å². The molecule has 1 aromatic rings. The molecule has 0 spiro atoms. The van der Waals surface area contributed by atoms with Gasteiger partial charge in [0.1, 0.15) is 6.04 Å². The van der Waals surface area contributed by atoms with Crippen molar-refractivity contribution in [1.82, 2.24) is 10.9 Å². The molecular weight excluding hydrogens is 270 g/mol. The summed E-state index contributed by atoms with van der Waals surface area (Å²) >= 11 is 5.76. The molecule has 0 bridgehead atoms. The normalized spacial score (nSPS) is 18.8. The van der Waals surface area contributed by atoms with Crippen LogP contribution in [0.25, 0.3) is 0 Å². The summed E-state index contributed by atoms with van der Waals surface area (Å²) in [6.07, 6.45) is 0.00173. The Labute approximate surface area is 114 Å². The Bertz CT molecular complexity index is 530. The van der Waals surface area contributed by atoms with Gasteiger partial charge in [0.2, 0.25) is 11.8 Å². The molecule has 1 heterocycles. The number of carbonyl (C=O) groups excluding carboxylic acids is 3. The van der Waals surface area contributed by atoms with Gasteiger partial charge in [-0.25, -0.2) is 10.3 Å². The van der Waals surface area contributed by atoms with E-state index in [0.717, 1.165) is 4.90 Å². The van der Waals surface area contributed by atoms with E-state index in [2.05, 4.69) is 10.9 Å². The van der Waals surface area contributed by atoms with Crippen molar-refractivity contribution >= 4 is 35.0 Å². The third kappa shape index (κ3) is 2.91. The minimum atomic E-state index is -0.743. The van der Waals surface area contributed by atoms with Gasteiger partial charge >= 0.3 is 0 Å². The SMILES string of the molecule is CC(=O)NNC1CC(=O)N(c2ccc(Cl)cc2)C1=O. The first kappa shape index (κ1) is 13.5. The number of hydrogen-bond donors (Lipinski definition) is 2. The van der Waals surface area contributed by atoms with Crippen LogP contribution < -0.4 is 15.8 Å². The second-order valence-corrected chi connectivity index (χ2v) is 4.56. The lowest BCUT2D eigenvalue weighted by atomic mass is 10.2. The Kier molecular flexibility index (Phi) is 3.82. The van der Waals surface area contributed by atoms with Crippen LogP contribution >= 0.6 is 11.6 Å². The zero-order valence-corrected chi connectivity index (χ0v) is 10.9. The van der Waals surface area contributed by atoms with Gasteiger partial charge in [-0.3, -0.25) is 19.8 Å². The number of rotatable bonds is 3. The third-order valence-electron chi connectivity index (χ3n) is 2.65. The van der Waals surface area contributed by atoms with E-state index in [0.29, 0.717) is 10.7 Å². The fourth-order valence-electron chi connectivity index (χ4n) is 1.79. The van der Waals surface area contributed by atoms with Crippen LogP contribution in [-0.4, -0.2) is 23.8 Å². The minimum absolute atomic E-state index is 0.00173. The van der Waals surface area contributed by atoms with E-state index < -0.39 is 11.9 Å². The van der Waals surface area contributed by atoms with Gasteiger partial charge in [0.15, 0.2) is 0 Å². The fourth-order valence-corrected chi connectivity index (χ4v) is 1.92. The van der Waals surface area contributed by atoms with Crippen molar-refractivity contribution in [3.63, 3.8) is 0 Å². The number of halogens is 1. The summed E-state index contributed by atoms with van der Waals surface area (Å²) in [7, 11) is 0. The molecule has 19 heavy (non-hydrogen) atoms. The Morgan fingerprint density at radius 3 is 2.53 bits per heavy atom. The number of anilines is 1. The molecule has 3 amide bonds. The first-order valence-corrected chi connectivity index (χ1v) is 6.01. The van der Waals surface area contributed by atoms with Gasteiger partial charge in [-0.2, -0.15) is 0 Å². The maximum absolute atomic E-state index is 12.1. The summed E-state index contributed by atoms with van der Waals surface area (Å²) in [6.45, 7) is 1.31. The second kappa shape index (κ2) is 5.38. The van der Waals surface area contributed by atoms with E-state index >= 15 is 0 Å². The molecule has 0 aromatic heterocycles. The summed E-state index contributed by atoms with van der Waals surface area (Å²) in [4.78, 5) is 35.8. The van der Waals surface area contributed by atoms with Crippen LogP contribution in [0, 0.1) is 0 Å². The zero-order chi connectivity index (χ0) is 14.0. The molecule has 2 rings (SSSR count). The summed E-state index contributed by atoms with van der Waals surface area (Å²) in [5.41, 5.74) is 5.31. The van der Waals surface area contributed by atoms with Crippen LogP contribution in [0.15, 0.2) is 24.3 Å². The molecule has 100 valence electrons. The van der Waals surface area contributed by atoms with Crippen LogP contribution in [0.1, 0.15) is 13.3 Å². The van der Waals surface area contributed by atoms with Crippen molar-refractivity contribution in [3.8, 4) is 0 Å². The Morgan fingerprint density at radius 1 is 1.32 bits per heavy atom. The second-order valence-electron chi connectivity index (χ2n) is 4.13. The molecule has 0 radical (unpaired) electrons. The molecule has 1 fully saturated rings. The fraction of sp³-hybridized carbons (Fsp3) is 0.250. The molecule has 1 aromatic carbocycles. The predicted octanol–water partition coefficient (Wildman–Crippen LogP) is 0.613. The number of carbonyl (C=O) groups is 3. The Hall–Kier alpha value is -1.92. The highest BCUT2D eigenvalue weighted by molar-refractivity contribution is 6.30. The minimum Gasteiger partial charge on any atom is -0.291 e. The highest BCUT2D eigenvalue weighted by Gasteiger charge is 2.39. The molecule has 0 saturated carbocycles. The summed E-state index contributed by atoms with van der Waals surface area (Å²) < 4.78 is 0. The van der Waals surface area contributed by atoms with Gasteiger partial charge in [0.05, 0.1) is 12.1 Å². The lowest BCUT2D eigenvalue weighted by Crippen LogP contribution is -2.47.